The number of aliphatic hydroxyl groups is 1. The maximum atomic E-state index is 9.46. The summed E-state index contributed by atoms with van der Waals surface area (Å²) in [5.74, 6) is 1.54. The molecule has 0 aliphatic carbocycles. The van der Waals surface area contributed by atoms with E-state index < -0.39 is 6.10 Å². The molecule has 1 atom stereocenters. The van der Waals surface area contributed by atoms with E-state index in [2.05, 4.69) is 0 Å². The van der Waals surface area contributed by atoms with Gasteiger partial charge in [0, 0.05) is 0 Å². The fraction of sp³-hybridized carbons (Fsp3) is 0.143. The number of aliphatic hydroxyl groups excluding tert-OH is 1. The summed E-state index contributed by atoms with van der Waals surface area (Å²) in [5, 5.41) is 9.46. The van der Waals surface area contributed by atoms with Gasteiger partial charge in [0.25, 0.3) is 0 Å². The van der Waals surface area contributed by atoms with Crippen molar-refractivity contribution in [1.29, 1.82) is 0 Å². The first-order chi connectivity index (χ1) is 7.75. The highest BCUT2D eigenvalue weighted by atomic mass is 16.5. The molecule has 2 aromatic rings. The van der Waals surface area contributed by atoms with E-state index >= 15 is 0 Å². The van der Waals surface area contributed by atoms with Crippen LogP contribution in [0.3, 0.4) is 0 Å². The molecule has 0 spiro atoms. The average molecular weight is 214 g/mol. The van der Waals surface area contributed by atoms with Crippen molar-refractivity contribution in [2.24, 2.45) is 0 Å². The summed E-state index contributed by atoms with van der Waals surface area (Å²) in [7, 11) is 0. The monoisotopic (exact) mass is 214 g/mol. The molecule has 0 amide bonds. The van der Waals surface area contributed by atoms with Gasteiger partial charge in [0.1, 0.15) is 11.5 Å². The van der Waals surface area contributed by atoms with Crippen LogP contribution in [-0.2, 0) is 0 Å². The van der Waals surface area contributed by atoms with Gasteiger partial charge < -0.3 is 9.84 Å². The minimum atomic E-state index is -0.473. The summed E-state index contributed by atoms with van der Waals surface area (Å²) >= 11 is 0. The molecule has 0 aliphatic heterocycles. The number of hydrogen-bond acceptors (Lipinski definition) is 2. The number of para-hydroxylation sites is 1. The van der Waals surface area contributed by atoms with E-state index in [4.69, 9.17) is 4.74 Å². The SMILES string of the molecule is C[C@@H](O)c1cccc(Oc2ccccc2)c1. The molecule has 0 radical (unpaired) electrons. The van der Waals surface area contributed by atoms with Gasteiger partial charge in [-0.05, 0) is 36.8 Å². The topological polar surface area (TPSA) is 29.5 Å². The van der Waals surface area contributed by atoms with Crippen LogP contribution in [0.2, 0.25) is 0 Å². The quantitative estimate of drug-likeness (QED) is 0.846. The summed E-state index contributed by atoms with van der Waals surface area (Å²) in [4.78, 5) is 0. The predicted octanol–water partition coefficient (Wildman–Crippen LogP) is 3.53. The van der Waals surface area contributed by atoms with Crippen molar-refractivity contribution in [2.75, 3.05) is 0 Å². The van der Waals surface area contributed by atoms with Crippen LogP contribution < -0.4 is 4.74 Å². The van der Waals surface area contributed by atoms with Crippen LogP contribution in [0.1, 0.15) is 18.6 Å². The largest absolute Gasteiger partial charge is 0.457 e. The minimum absolute atomic E-state index is 0.473. The summed E-state index contributed by atoms with van der Waals surface area (Å²) in [6, 6.07) is 17.1. The van der Waals surface area contributed by atoms with Gasteiger partial charge in [-0.1, -0.05) is 30.3 Å². The van der Waals surface area contributed by atoms with E-state index in [0.717, 1.165) is 17.1 Å². The van der Waals surface area contributed by atoms with Crippen LogP contribution in [0.25, 0.3) is 0 Å². The Kier molecular flexibility index (Phi) is 3.22. The molecular formula is C14H14O2. The Bertz CT molecular complexity index is 449. The van der Waals surface area contributed by atoms with Crippen molar-refractivity contribution in [3.8, 4) is 11.5 Å². The Balaban J connectivity index is 2.19. The Morgan fingerprint density at radius 3 is 2.31 bits per heavy atom. The van der Waals surface area contributed by atoms with E-state index in [9.17, 15) is 5.11 Å². The minimum Gasteiger partial charge on any atom is -0.457 e. The van der Waals surface area contributed by atoms with Gasteiger partial charge in [-0.3, -0.25) is 0 Å². The maximum absolute atomic E-state index is 9.46. The number of hydrogen-bond donors (Lipinski definition) is 1. The second-order valence-corrected chi connectivity index (χ2v) is 3.66. The normalized spacial score (nSPS) is 12.1. The van der Waals surface area contributed by atoms with Crippen LogP contribution in [-0.4, -0.2) is 5.11 Å². The van der Waals surface area contributed by atoms with E-state index in [1.165, 1.54) is 0 Å². The first kappa shape index (κ1) is 10.7. The fourth-order valence-electron chi connectivity index (χ4n) is 1.46. The van der Waals surface area contributed by atoms with Crippen molar-refractivity contribution in [2.45, 2.75) is 13.0 Å². The van der Waals surface area contributed by atoms with Crippen molar-refractivity contribution in [3.05, 3.63) is 60.2 Å². The highest BCUT2D eigenvalue weighted by Gasteiger charge is 2.02. The lowest BCUT2D eigenvalue weighted by Gasteiger charge is -2.08. The van der Waals surface area contributed by atoms with Crippen LogP contribution >= 0.6 is 0 Å². The number of ether oxygens (including phenoxy) is 1. The summed E-state index contributed by atoms with van der Waals surface area (Å²) in [5.41, 5.74) is 0.855. The fourth-order valence-corrected chi connectivity index (χ4v) is 1.46. The van der Waals surface area contributed by atoms with Gasteiger partial charge in [-0.25, -0.2) is 0 Å². The third kappa shape index (κ3) is 2.61. The second kappa shape index (κ2) is 4.81. The molecule has 16 heavy (non-hydrogen) atoms. The van der Waals surface area contributed by atoms with E-state index in [0.29, 0.717) is 0 Å². The molecule has 2 aromatic carbocycles. The Morgan fingerprint density at radius 1 is 0.938 bits per heavy atom. The molecule has 0 heterocycles. The number of rotatable bonds is 3. The molecule has 2 rings (SSSR count). The van der Waals surface area contributed by atoms with Crippen LogP contribution in [0.15, 0.2) is 54.6 Å². The highest BCUT2D eigenvalue weighted by molar-refractivity contribution is 5.34. The summed E-state index contributed by atoms with van der Waals surface area (Å²) in [6.07, 6.45) is -0.473. The molecule has 1 N–H and O–H groups in total. The summed E-state index contributed by atoms with van der Waals surface area (Å²) < 4.78 is 5.66. The third-order valence-corrected chi connectivity index (χ3v) is 2.32. The molecule has 2 nitrogen and oxygen atoms in total. The Morgan fingerprint density at radius 2 is 1.62 bits per heavy atom. The lowest BCUT2D eigenvalue weighted by molar-refractivity contribution is 0.199. The molecular weight excluding hydrogens is 200 g/mol. The second-order valence-electron chi connectivity index (χ2n) is 3.66. The maximum Gasteiger partial charge on any atom is 0.127 e. The lowest BCUT2D eigenvalue weighted by atomic mass is 10.1. The van der Waals surface area contributed by atoms with E-state index in [-0.39, 0.29) is 0 Å². The van der Waals surface area contributed by atoms with Gasteiger partial charge >= 0.3 is 0 Å². The summed E-state index contributed by atoms with van der Waals surface area (Å²) in [6.45, 7) is 1.74. The predicted molar refractivity (Wildman–Crippen MR) is 63.6 cm³/mol. The van der Waals surface area contributed by atoms with Gasteiger partial charge in [0.2, 0.25) is 0 Å². The molecule has 0 aliphatic rings. The van der Waals surface area contributed by atoms with Gasteiger partial charge in [-0.15, -0.1) is 0 Å². The first-order valence-corrected chi connectivity index (χ1v) is 5.26. The zero-order chi connectivity index (χ0) is 11.4. The van der Waals surface area contributed by atoms with Crippen molar-refractivity contribution < 1.29 is 9.84 Å². The third-order valence-electron chi connectivity index (χ3n) is 2.32. The van der Waals surface area contributed by atoms with Crippen LogP contribution in [0.5, 0.6) is 11.5 Å². The molecule has 82 valence electrons. The Hall–Kier alpha value is -1.80. The van der Waals surface area contributed by atoms with Gasteiger partial charge in [0.05, 0.1) is 6.10 Å². The zero-order valence-corrected chi connectivity index (χ0v) is 9.13. The molecule has 0 fully saturated rings. The van der Waals surface area contributed by atoms with Crippen molar-refractivity contribution in [3.63, 3.8) is 0 Å². The van der Waals surface area contributed by atoms with E-state index in [1.807, 2.05) is 54.6 Å². The molecule has 2 heteroatoms. The molecule has 0 unspecified atom stereocenters. The van der Waals surface area contributed by atoms with Gasteiger partial charge in [-0.2, -0.15) is 0 Å². The van der Waals surface area contributed by atoms with Crippen LogP contribution in [0.4, 0.5) is 0 Å². The average Bonchev–Trinajstić information content (AvgIpc) is 2.30. The van der Waals surface area contributed by atoms with E-state index in [1.54, 1.807) is 6.92 Å². The van der Waals surface area contributed by atoms with Gasteiger partial charge in [0.15, 0.2) is 0 Å². The lowest BCUT2D eigenvalue weighted by Crippen LogP contribution is -1.91. The van der Waals surface area contributed by atoms with Crippen molar-refractivity contribution in [1.82, 2.24) is 0 Å². The first-order valence-electron chi connectivity index (χ1n) is 5.26. The smallest absolute Gasteiger partial charge is 0.127 e. The Labute approximate surface area is 95.1 Å². The zero-order valence-electron chi connectivity index (χ0n) is 9.13. The van der Waals surface area contributed by atoms with Crippen LogP contribution in [0, 0.1) is 0 Å². The molecule has 0 saturated carbocycles. The standard InChI is InChI=1S/C14H14O2/c1-11(15)12-6-5-9-14(10-12)16-13-7-3-2-4-8-13/h2-11,15H,1H3/t11-/m1/s1. The molecule has 0 saturated heterocycles. The van der Waals surface area contributed by atoms with Crippen molar-refractivity contribution >= 4 is 0 Å². The number of benzene rings is 2. The molecule has 0 aromatic heterocycles. The molecule has 0 bridgehead atoms. The highest BCUT2D eigenvalue weighted by Crippen LogP contribution is 2.24.